The van der Waals surface area contributed by atoms with E-state index < -0.39 is 5.60 Å². The highest BCUT2D eigenvalue weighted by molar-refractivity contribution is 6.35. The molecule has 1 aliphatic heterocycles. The highest BCUT2D eigenvalue weighted by atomic mass is 35.5. The second kappa shape index (κ2) is 10.7. The van der Waals surface area contributed by atoms with Gasteiger partial charge in [-0.05, 0) is 52.8 Å². The van der Waals surface area contributed by atoms with Crippen molar-refractivity contribution >= 4 is 45.3 Å². The molecule has 0 unspecified atom stereocenters. The Hall–Kier alpha value is -3.63. The molecular weight excluding hydrogens is 532 g/mol. The van der Waals surface area contributed by atoms with E-state index in [9.17, 15) is 4.79 Å². The van der Waals surface area contributed by atoms with E-state index in [1.165, 1.54) is 0 Å². The van der Waals surface area contributed by atoms with Crippen LogP contribution >= 0.6 is 11.6 Å². The number of pyridine rings is 2. The first kappa shape index (κ1) is 27.9. The van der Waals surface area contributed by atoms with E-state index in [1.807, 2.05) is 83.2 Å². The highest BCUT2D eigenvalue weighted by Gasteiger charge is 2.35. The van der Waals surface area contributed by atoms with Crippen molar-refractivity contribution in [2.75, 3.05) is 31.9 Å². The van der Waals surface area contributed by atoms with Crippen LogP contribution < -0.4 is 9.64 Å². The molecule has 212 valence electrons. The van der Waals surface area contributed by atoms with Crippen molar-refractivity contribution in [3.8, 4) is 17.0 Å². The van der Waals surface area contributed by atoms with Crippen LogP contribution in [-0.2, 0) is 16.5 Å². The second-order valence-corrected chi connectivity index (χ2v) is 11.7. The lowest BCUT2D eigenvalue weighted by Crippen LogP contribution is -2.59. The van der Waals surface area contributed by atoms with Crippen molar-refractivity contribution in [2.24, 2.45) is 7.05 Å². The number of ether oxygens (including phenoxy) is 3. The number of carbonyl (C=O) groups is 1. The fourth-order valence-electron chi connectivity index (χ4n) is 5.19. The van der Waals surface area contributed by atoms with Crippen molar-refractivity contribution < 1.29 is 19.0 Å². The minimum atomic E-state index is -0.543. The molecule has 2 atom stereocenters. The summed E-state index contributed by atoms with van der Waals surface area (Å²) >= 11 is 6.84. The summed E-state index contributed by atoms with van der Waals surface area (Å²) in [7, 11) is 3.45. The van der Waals surface area contributed by atoms with E-state index in [2.05, 4.69) is 15.0 Å². The number of methoxy groups -OCH3 is 1. The van der Waals surface area contributed by atoms with E-state index in [-0.39, 0.29) is 25.0 Å². The summed E-state index contributed by atoms with van der Waals surface area (Å²) in [6, 6.07) is 7.61. The maximum Gasteiger partial charge on any atom is 0.410 e. The molecule has 40 heavy (non-hydrogen) atoms. The van der Waals surface area contributed by atoms with Gasteiger partial charge in [0.2, 0.25) is 0 Å². The quantitative estimate of drug-likeness (QED) is 0.286. The van der Waals surface area contributed by atoms with Crippen molar-refractivity contribution in [1.82, 2.24) is 24.6 Å². The van der Waals surface area contributed by atoms with Crippen molar-refractivity contribution in [1.29, 1.82) is 0 Å². The van der Waals surface area contributed by atoms with Gasteiger partial charge in [0.1, 0.15) is 11.4 Å². The molecule has 1 fully saturated rings. The number of nitrogens with zero attached hydrogens (tertiary/aromatic N) is 6. The average Bonchev–Trinajstić information content (AvgIpc) is 3.24. The monoisotopic (exact) mass is 566 g/mol. The van der Waals surface area contributed by atoms with E-state index in [0.717, 1.165) is 27.5 Å². The Balaban J connectivity index is 1.45. The smallest absolute Gasteiger partial charge is 0.410 e. The zero-order chi connectivity index (χ0) is 28.8. The molecule has 5 rings (SSSR count). The van der Waals surface area contributed by atoms with E-state index in [4.69, 9.17) is 30.8 Å². The van der Waals surface area contributed by atoms with Crippen LogP contribution in [0.1, 0.15) is 34.6 Å². The van der Waals surface area contributed by atoms with Gasteiger partial charge in [-0.25, -0.2) is 14.8 Å². The minimum absolute atomic E-state index is 0.0433. The standard InChI is InChI=1S/C29H35ClN6O4/c1-17-13-35(14-18(2)36(17)28(37)40-29(3,4)5)20-9-21-23(30)10-25(32-27(21)31-12-20)22-8-19-15-34(6)33-24(19)11-26(22)39-16-38-7/h8-12,15,17-18H,13-14,16H2,1-7H3/t17-,18-/m0/s1. The molecule has 10 nitrogen and oxygen atoms in total. The summed E-state index contributed by atoms with van der Waals surface area (Å²) in [5.74, 6) is 0.596. The van der Waals surface area contributed by atoms with Gasteiger partial charge in [-0.2, -0.15) is 5.10 Å². The predicted octanol–water partition coefficient (Wildman–Crippen LogP) is 5.65. The minimum Gasteiger partial charge on any atom is -0.467 e. The van der Waals surface area contributed by atoms with Crippen molar-refractivity contribution in [3.63, 3.8) is 0 Å². The van der Waals surface area contributed by atoms with Gasteiger partial charge in [-0.3, -0.25) is 9.58 Å². The van der Waals surface area contributed by atoms with E-state index >= 15 is 0 Å². The molecule has 4 heterocycles. The maximum atomic E-state index is 12.8. The molecule has 4 aromatic rings. The van der Waals surface area contributed by atoms with Crippen LogP contribution in [-0.4, -0.2) is 75.4 Å². The Labute approximate surface area is 238 Å². The third-order valence-electron chi connectivity index (χ3n) is 6.82. The lowest BCUT2D eigenvalue weighted by Gasteiger charge is -2.45. The summed E-state index contributed by atoms with van der Waals surface area (Å²) in [4.78, 5) is 26.4. The number of hydrogen-bond donors (Lipinski definition) is 0. The Kier molecular flexibility index (Phi) is 7.50. The number of benzene rings is 1. The van der Waals surface area contributed by atoms with Gasteiger partial charge in [-0.1, -0.05) is 11.6 Å². The number of halogens is 1. The number of piperazine rings is 1. The molecule has 11 heteroatoms. The summed E-state index contributed by atoms with van der Waals surface area (Å²) in [6.45, 7) is 11.1. The number of carbonyl (C=O) groups excluding carboxylic acids is 1. The summed E-state index contributed by atoms with van der Waals surface area (Å²) in [6.07, 6.45) is 3.46. The lowest BCUT2D eigenvalue weighted by molar-refractivity contribution is 0.00565. The van der Waals surface area contributed by atoms with Gasteiger partial charge in [0.25, 0.3) is 0 Å². The fourth-order valence-corrected chi connectivity index (χ4v) is 5.43. The summed E-state index contributed by atoms with van der Waals surface area (Å²) in [5, 5.41) is 6.72. The molecule has 0 radical (unpaired) electrons. The van der Waals surface area contributed by atoms with Crippen LogP contribution in [0.3, 0.4) is 0 Å². The van der Waals surface area contributed by atoms with E-state index in [0.29, 0.717) is 35.2 Å². The van der Waals surface area contributed by atoms with Crippen LogP contribution in [0.25, 0.3) is 33.2 Å². The molecule has 1 saturated heterocycles. The largest absolute Gasteiger partial charge is 0.467 e. The number of anilines is 1. The third-order valence-corrected chi connectivity index (χ3v) is 7.13. The second-order valence-electron chi connectivity index (χ2n) is 11.3. The topological polar surface area (TPSA) is 94.8 Å². The zero-order valence-corrected chi connectivity index (χ0v) is 24.7. The van der Waals surface area contributed by atoms with Crippen molar-refractivity contribution in [3.05, 3.63) is 41.7 Å². The summed E-state index contributed by atoms with van der Waals surface area (Å²) < 4.78 is 18.4. The Morgan fingerprint density at radius 2 is 1.85 bits per heavy atom. The number of aryl methyl sites for hydroxylation is 1. The maximum absolute atomic E-state index is 12.8. The highest BCUT2D eigenvalue weighted by Crippen LogP contribution is 2.37. The fraction of sp³-hybridized carbons (Fsp3) is 0.448. The lowest BCUT2D eigenvalue weighted by atomic mass is 10.1. The molecular formula is C29H35ClN6O4. The first-order valence-corrected chi connectivity index (χ1v) is 13.6. The molecule has 0 saturated carbocycles. The molecule has 3 aromatic heterocycles. The predicted molar refractivity (Wildman–Crippen MR) is 156 cm³/mol. The number of rotatable bonds is 5. The molecule has 1 aliphatic rings. The molecule has 0 spiro atoms. The van der Waals surface area contributed by atoms with Gasteiger partial charge in [0.05, 0.1) is 40.2 Å². The molecule has 0 aliphatic carbocycles. The summed E-state index contributed by atoms with van der Waals surface area (Å²) in [5.41, 5.74) is 3.13. The number of fused-ring (bicyclic) bond motifs is 2. The first-order valence-electron chi connectivity index (χ1n) is 13.3. The molecule has 1 aromatic carbocycles. The third kappa shape index (κ3) is 5.64. The van der Waals surface area contributed by atoms with Crippen LogP contribution in [0.5, 0.6) is 5.75 Å². The van der Waals surface area contributed by atoms with Crippen molar-refractivity contribution in [2.45, 2.75) is 52.3 Å². The Morgan fingerprint density at radius 3 is 2.52 bits per heavy atom. The average molecular weight is 567 g/mol. The van der Waals surface area contributed by atoms with Gasteiger partial charge in [0, 0.05) is 55.8 Å². The van der Waals surface area contributed by atoms with E-state index in [1.54, 1.807) is 11.8 Å². The van der Waals surface area contributed by atoms with Crippen LogP contribution in [0.15, 0.2) is 36.7 Å². The number of hydrogen-bond acceptors (Lipinski definition) is 8. The van der Waals surface area contributed by atoms with Gasteiger partial charge in [0.15, 0.2) is 12.4 Å². The van der Waals surface area contributed by atoms with Crippen LogP contribution in [0, 0.1) is 0 Å². The number of amides is 1. The normalized spacial score (nSPS) is 18.0. The first-order chi connectivity index (χ1) is 18.9. The van der Waals surface area contributed by atoms with Gasteiger partial charge in [-0.15, -0.1) is 0 Å². The zero-order valence-electron chi connectivity index (χ0n) is 23.9. The van der Waals surface area contributed by atoms with Crippen LogP contribution in [0.4, 0.5) is 10.5 Å². The molecule has 0 N–H and O–H groups in total. The molecule has 0 bridgehead atoms. The Bertz CT molecular complexity index is 1550. The Morgan fingerprint density at radius 1 is 1.12 bits per heavy atom. The van der Waals surface area contributed by atoms with Gasteiger partial charge >= 0.3 is 6.09 Å². The SMILES string of the molecule is COCOc1cc2nn(C)cc2cc1-c1cc(Cl)c2cc(N3C[C@H](C)N(C(=O)OC(C)(C)C)[C@@H](C)C3)cnc2n1. The van der Waals surface area contributed by atoms with Crippen LogP contribution in [0.2, 0.25) is 5.02 Å². The van der Waals surface area contributed by atoms with Gasteiger partial charge < -0.3 is 19.1 Å². The number of aromatic nitrogens is 4. The molecule has 1 amide bonds.